The van der Waals surface area contributed by atoms with Gasteiger partial charge in [0.15, 0.2) is 11.6 Å². The van der Waals surface area contributed by atoms with Crippen LogP contribution in [0.1, 0.15) is 12.8 Å². The minimum Gasteiger partial charge on any atom is -0.478 e. The molecule has 1 aliphatic heterocycles. The molecule has 0 unspecified atom stereocenters. The van der Waals surface area contributed by atoms with Crippen molar-refractivity contribution in [2.24, 2.45) is 0 Å². The molecule has 0 amide bonds. The maximum absolute atomic E-state index is 14.2. The maximum Gasteiger partial charge on any atom is 0.276 e. The zero-order chi connectivity index (χ0) is 16.6. The van der Waals surface area contributed by atoms with E-state index in [4.69, 9.17) is 22.8 Å². The van der Waals surface area contributed by atoms with E-state index in [2.05, 4.69) is 5.92 Å². The second-order valence-corrected chi connectivity index (χ2v) is 5.54. The average Bonchev–Trinajstić information content (AvgIpc) is 2.79. The summed E-state index contributed by atoms with van der Waals surface area (Å²) in [6.07, 6.45) is 6.80. The van der Waals surface area contributed by atoms with Gasteiger partial charge in [-0.1, -0.05) is 17.5 Å². The van der Waals surface area contributed by atoms with Crippen molar-refractivity contribution in [2.45, 2.75) is 25.9 Å². The first kappa shape index (κ1) is 15.6. The Labute approximate surface area is 136 Å². The van der Waals surface area contributed by atoms with Gasteiger partial charge in [-0.2, -0.15) is 0 Å². The van der Waals surface area contributed by atoms with Gasteiger partial charge in [0.05, 0.1) is 5.56 Å². The SMILES string of the molecule is C#CCOc1cc(-c2c(Cl)n3n(c2=O)CCCC3)c(F)cc1F. The molecule has 4 nitrogen and oxygen atoms in total. The van der Waals surface area contributed by atoms with Crippen LogP contribution < -0.4 is 10.3 Å². The van der Waals surface area contributed by atoms with Crippen LogP contribution in [-0.2, 0) is 13.1 Å². The summed E-state index contributed by atoms with van der Waals surface area (Å²) in [5.74, 6) is 0.219. The summed E-state index contributed by atoms with van der Waals surface area (Å²) in [7, 11) is 0. The molecule has 0 saturated heterocycles. The number of fused-ring (bicyclic) bond motifs is 1. The molecule has 0 atom stereocenters. The van der Waals surface area contributed by atoms with Crippen molar-refractivity contribution in [3.05, 3.63) is 39.3 Å². The first-order valence-corrected chi connectivity index (χ1v) is 7.47. The van der Waals surface area contributed by atoms with Crippen LogP contribution in [0.4, 0.5) is 8.78 Å². The van der Waals surface area contributed by atoms with Crippen molar-refractivity contribution in [2.75, 3.05) is 6.61 Å². The molecule has 23 heavy (non-hydrogen) atoms. The monoisotopic (exact) mass is 338 g/mol. The molecule has 3 rings (SSSR count). The van der Waals surface area contributed by atoms with Gasteiger partial charge in [-0.3, -0.25) is 9.48 Å². The zero-order valence-corrected chi connectivity index (χ0v) is 12.9. The van der Waals surface area contributed by atoms with E-state index in [1.165, 1.54) is 4.68 Å². The number of rotatable bonds is 3. The highest BCUT2D eigenvalue weighted by atomic mass is 35.5. The van der Waals surface area contributed by atoms with E-state index >= 15 is 0 Å². The van der Waals surface area contributed by atoms with E-state index in [0.717, 1.165) is 18.9 Å². The number of benzene rings is 1. The summed E-state index contributed by atoms with van der Waals surface area (Å²) >= 11 is 6.26. The van der Waals surface area contributed by atoms with E-state index in [1.807, 2.05) is 0 Å². The van der Waals surface area contributed by atoms with E-state index in [0.29, 0.717) is 19.2 Å². The third kappa shape index (κ3) is 2.62. The summed E-state index contributed by atoms with van der Waals surface area (Å²) < 4.78 is 36.1. The molecular formula is C16H13ClF2N2O2. The molecule has 0 bridgehead atoms. The molecule has 1 aromatic heterocycles. The predicted octanol–water partition coefficient (Wildman–Crippen LogP) is 3.05. The topological polar surface area (TPSA) is 36.2 Å². The third-order valence-corrected chi connectivity index (χ3v) is 4.15. The van der Waals surface area contributed by atoms with Crippen LogP contribution in [-0.4, -0.2) is 16.0 Å². The number of aromatic nitrogens is 2. The molecule has 1 aliphatic rings. The molecular weight excluding hydrogens is 326 g/mol. The average molecular weight is 339 g/mol. The maximum atomic E-state index is 14.2. The molecule has 7 heteroatoms. The molecule has 0 radical (unpaired) electrons. The number of halogens is 3. The second kappa shape index (κ2) is 6.09. The molecule has 2 heterocycles. The molecule has 0 N–H and O–H groups in total. The fraction of sp³-hybridized carbons (Fsp3) is 0.312. The number of hydrogen-bond donors (Lipinski definition) is 0. The largest absolute Gasteiger partial charge is 0.478 e. The van der Waals surface area contributed by atoms with Crippen LogP contribution in [0.2, 0.25) is 5.15 Å². The van der Waals surface area contributed by atoms with Gasteiger partial charge in [0, 0.05) is 24.7 Å². The Morgan fingerprint density at radius 1 is 1.22 bits per heavy atom. The number of hydrogen-bond acceptors (Lipinski definition) is 2. The molecule has 2 aromatic rings. The lowest BCUT2D eigenvalue weighted by atomic mass is 10.1. The van der Waals surface area contributed by atoms with Crippen LogP contribution in [0.15, 0.2) is 16.9 Å². The Kier molecular flexibility index (Phi) is 4.14. The lowest BCUT2D eigenvalue weighted by Crippen LogP contribution is -2.27. The molecule has 0 fully saturated rings. The van der Waals surface area contributed by atoms with Gasteiger partial charge in [0.1, 0.15) is 17.6 Å². The Morgan fingerprint density at radius 2 is 1.91 bits per heavy atom. The van der Waals surface area contributed by atoms with E-state index in [9.17, 15) is 13.6 Å². The Balaban J connectivity index is 2.18. The van der Waals surface area contributed by atoms with Crippen LogP contribution in [0, 0.1) is 24.0 Å². The lowest BCUT2D eigenvalue weighted by Gasteiger charge is -2.17. The van der Waals surface area contributed by atoms with Gasteiger partial charge < -0.3 is 4.74 Å². The van der Waals surface area contributed by atoms with Crippen LogP contribution in [0.5, 0.6) is 5.75 Å². The predicted molar refractivity (Wildman–Crippen MR) is 82.6 cm³/mol. The summed E-state index contributed by atoms with van der Waals surface area (Å²) in [5, 5.41) is 0.142. The fourth-order valence-corrected chi connectivity index (χ4v) is 3.06. The highest BCUT2D eigenvalue weighted by molar-refractivity contribution is 6.32. The van der Waals surface area contributed by atoms with Gasteiger partial charge in [-0.25, -0.2) is 13.5 Å². The highest BCUT2D eigenvalue weighted by Gasteiger charge is 2.25. The summed E-state index contributed by atoms with van der Waals surface area (Å²) in [6.45, 7) is 0.931. The van der Waals surface area contributed by atoms with Gasteiger partial charge in [-0.15, -0.1) is 6.42 Å². The third-order valence-electron chi connectivity index (χ3n) is 3.76. The smallest absolute Gasteiger partial charge is 0.276 e. The second-order valence-electron chi connectivity index (χ2n) is 5.18. The minimum atomic E-state index is -0.887. The standard InChI is InChI=1S/C16H13ClF2N2O2/c1-2-7-23-13-8-10(11(18)9-12(13)19)14-15(17)20-5-3-4-6-21(20)16(14)22/h1,8-9H,3-7H2. The van der Waals surface area contributed by atoms with Gasteiger partial charge >= 0.3 is 0 Å². The van der Waals surface area contributed by atoms with Crippen molar-refractivity contribution in [1.82, 2.24) is 9.36 Å². The van der Waals surface area contributed by atoms with E-state index in [-0.39, 0.29) is 28.6 Å². The van der Waals surface area contributed by atoms with E-state index in [1.54, 1.807) is 4.68 Å². The quantitative estimate of drug-likeness (QED) is 0.806. The molecule has 0 saturated carbocycles. The summed E-state index contributed by atoms with van der Waals surface area (Å²) in [6, 6.07) is 1.79. The van der Waals surface area contributed by atoms with Crippen molar-refractivity contribution < 1.29 is 13.5 Å². The van der Waals surface area contributed by atoms with E-state index < -0.39 is 17.2 Å². The van der Waals surface area contributed by atoms with Crippen molar-refractivity contribution in [1.29, 1.82) is 0 Å². The molecule has 0 aliphatic carbocycles. The Bertz CT molecular complexity index is 864. The van der Waals surface area contributed by atoms with Crippen LogP contribution in [0.25, 0.3) is 11.1 Å². The molecule has 120 valence electrons. The molecule has 1 aromatic carbocycles. The first-order chi connectivity index (χ1) is 11.0. The van der Waals surface area contributed by atoms with Gasteiger partial charge in [0.2, 0.25) is 0 Å². The number of ether oxygens (including phenoxy) is 1. The fourth-order valence-electron chi connectivity index (χ4n) is 2.70. The molecule has 0 spiro atoms. The van der Waals surface area contributed by atoms with Crippen LogP contribution >= 0.6 is 11.6 Å². The first-order valence-electron chi connectivity index (χ1n) is 7.09. The number of nitrogens with zero attached hydrogens (tertiary/aromatic N) is 2. The zero-order valence-electron chi connectivity index (χ0n) is 12.1. The van der Waals surface area contributed by atoms with Crippen LogP contribution in [0.3, 0.4) is 0 Å². The normalized spacial score (nSPS) is 13.5. The summed E-state index contributed by atoms with van der Waals surface area (Å²) in [4.78, 5) is 12.5. The lowest BCUT2D eigenvalue weighted by molar-refractivity contribution is 0.347. The van der Waals surface area contributed by atoms with Crippen molar-refractivity contribution >= 4 is 11.6 Å². The van der Waals surface area contributed by atoms with Gasteiger partial charge in [0.25, 0.3) is 5.56 Å². The summed E-state index contributed by atoms with van der Waals surface area (Å²) in [5.41, 5.74) is -0.484. The van der Waals surface area contributed by atoms with Crippen molar-refractivity contribution in [3.63, 3.8) is 0 Å². The number of terminal acetylenes is 1. The van der Waals surface area contributed by atoms with Crippen molar-refractivity contribution in [3.8, 4) is 29.2 Å². The van der Waals surface area contributed by atoms with Gasteiger partial charge in [-0.05, 0) is 18.9 Å². The highest BCUT2D eigenvalue weighted by Crippen LogP contribution is 2.33. The minimum absolute atomic E-state index is 0.0108. The Hall–Kier alpha value is -2.26. The Morgan fingerprint density at radius 3 is 2.57 bits per heavy atom.